The van der Waals surface area contributed by atoms with Gasteiger partial charge in [-0.05, 0) is 137 Å². The van der Waals surface area contributed by atoms with Crippen LogP contribution in [0.5, 0.6) is 0 Å². The fourth-order valence-corrected chi connectivity index (χ4v) is 12.9. The molecule has 588 valence electrons. The highest BCUT2D eigenvalue weighted by atomic mass is 16.8. The monoisotopic (exact) mass is 1540 g/mol. The number of hydroxylamine groups is 2. The molecule has 0 aliphatic carbocycles. The molecule has 1 saturated heterocycles. The molecule has 4 aliphatic heterocycles. The van der Waals surface area contributed by atoms with Gasteiger partial charge in [0.15, 0.2) is 40.7 Å². The van der Waals surface area contributed by atoms with E-state index in [4.69, 9.17) is 49.1 Å². The molecule has 0 spiro atoms. The number of hydrogen-bond acceptors (Lipinski definition) is 24. The summed E-state index contributed by atoms with van der Waals surface area (Å²) >= 11 is 0. The Balaban J connectivity index is 0.000000149. The van der Waals surface area contributed by atoms with Crippen molar-refractivity contribution in [1.29, 1.82) is 0 Å². The molecule has 2 amide bonds. The van der Waals surface area contributed by atoms with Crippen molar-refractivity contribution >= 4 is 105 Å². The van der Waals surface area contributed by atoms with Crippen LogP contribution >= 0.6 is 0 Å². The maximum Gasteiger partial charge on any atom is 0.305 e. The number of carbonyl (C=O) groups is 3. The number of carbonyl (C=O) groups excluding carboxylic acids is 2. The van der Waals surface area contributed by atoms with Gasteiger partial charge in [0.25, 0.3) is 0 Å². The Labute approximate surface area is 659 Å². The second-order valence-corrected chi connectivity index (χ2v) is 27.3. The number of carboxylic acid groups (broad SMARTS) is 1. The maximum atomic E-state index is 12.0. The molecule has 0 saturated carbocycles. The Morgan fingerprint density at radius 2 is 0.851 bits per heavy atom. The molecule has 30 heteroatoms. The van der Waals surface area contributed by atoms with E-state index in [0.717, 1.165) is 121 Å². The molecule has 10 heterocycles. The first kappa shape index (κ1) is 79.3. The van der Waals surface area contributed by atoms with Gasteiger partial charge in [-0.2, -0.15) is 0 Å². The van der Waals surface area contributed by atoms with E-state index >= 15 is 0 Å². The molecule has 1 unspecified atom stereocenters. The molecular weight excluding hydrogens is 1450 g/mol. The second-order valence-electron chi connectivity index (χ2n) is 27.3. The quantitative estimate of drug-likeness (QED) is 0.0117. The molecule has 114 heavy (non-hydrogen) atoms. The summed E-state index contributed by atoms with van der Waals surface area (Å²) < 4.78 is 27.9. The largest absolute Gasteiger partial charge is 0.481 e. The van der Waals surface area contributed by atoms with Crippen molar-refractivity contribution in [3.63, 3.8) is 0 Å². The number of nitrogens with one attached hydrogen (secondary N) is 5. The minimum absolute atomic E-state index is 0. The van der Waals surface area contributed by atoms with Gasteiger partial charge in [-0.15, -0.1) is 0 Å². The standard InChI is InChI=1S/C31H35N7O4.C26H27N7O3.C26H26N6O3.CH4/c1-37(14-17-40-16-11-28(39)36-42-29-4-2-3-15-41-29)26-9-7-25(8-10-26)34-30-31-33-12-13-38(31)21-27(35-30)22-5-6-23-19-32-20-24(23)18-22;1-32(11-13-36-12-8-24(34)31-35)22-6-4-21(5-7-22)29-25-26-28-9-10-33(26)17-23(30-25)18-2-3-19-15-27-16-20(19)14-18;1-31(11-13-35-12-8-24(33)34)22-6-4-21(5-7-22)29-25-26-28-9-10-32(26)17-23(30-25)18-2-3-19-15-27-16-20(19)14-18;/h5-10,12-13,18-19,21,29H,2-4,11,14-17,20H2,1H3,(H,34,35)(H,36,39);2-7,9-10,14-15,17,35H,8,11-13,16H2,1H3,(H,29,30)(H,31,34);2-7,9-10,14-15,17H,8,11-13,16H2,1H3,(H,29,30)(H,33,34);1H4. The lowest BCUT2D eigenvalue weighted by Crippen LogP contribution is -2.33. The summed E-state index contributed by atoms with van der Waals surface area (Å²) in [7, 11) is 5.97. The van der Waals surface area contributed by atoms with E-state index < -0.39 is 11.9 Å². The number of hydrogen-bond donors (Lipinski definition) is 7. The van der Waals surface area contributed by atoms with Crippen LogP contribution in [0, 0.1) is 0 Å². The average molecular weight is 1540 g/mol. The van der Waals surface area contributed by atoms with Crippen molar-refractivity contribution < 1.29 is 48.5 Å². The summed E-state index contributed by atoms with van der Waals surface area (Å²) in [5, 5.41) is 27.4. The summed E-state index contributed by atoms with van der Waals surface area (Å²) in [6, 6.07) is 43.1. The lowest BCUT2D eigenvalue weighted by Gasteiger charge is -2.22. The number of rotatable bonds is 32. The number of amides is 2. The molecule has 30 nitrogen and oxygen atoms in total. The Hall–Kier alpha value is -12.8. The number of ether oxygens (including phenoxy) is 4. The van der Waals surface area contributed by atoms with Crippen LogP contribution in [0.4, 0.5) is 51.6 Å². The highest BCUT2D eigenvalue weighted by Gasteiger charge is 2.20. The summed E-state index contributed by atoms with van der Waals surface area (Å²) in [5.74, 6) is 0.518. The van der Waals surface area contributed by atoms with E-state index in [-0.39, 0.29) is 52.1 Å². The van der Waals surface area contributed by atoms with Crippen molar-refractivity contribution in [3.8, 4) is 33.8 Å². The SMILES string of the molecule is C.CN(CCOCCC(=O)NO)c1ccc(Nc2nc(-c3ccc4c(c3)CN=C4)cn3ccnc23)cc1.CN(CCOCCC(=O)NOC1CCCCO1)c1ccc(Nc2nc(-c3ccc4c(c3)CN=C4)cn3ccnc23)cc1.CN(CCOCCC(=O)O)c1ccc(Nc2nc(-c3ccc4c(c3)CN=C4)cn3ccnc23)cc1. The molecule has 1 fully saturated rings. The highest BCUT2D eigenvalue weighted by molar-refractivity contribution is 5.88. The zero-order valence-corrected chi connectivity index (χ0v) is 62.9. The normalized spacial score (nSPS) is 13.4. The van der Waals surface area contributed by atoms with Gasteiger partial charge in [0.1, 0.15) is 0 Å². The van der Waals surface area contributed by atoms with Crippen molar-refractivity contribution in [2.24, 2.45) is 15.0 Å². The number of nitrogens with zero attached hydrogens (tertiary/aromatic N) is 15. The van der Waals surface area contributed by atoms with Gasteiger partial charge in [0.05, 0.1) is 95.6 Å². The number of carboxylic acids is 1. The lowest BCUT2D eigenvalue weighted by molar-refractivity contribution is -0.200. The summed E-state index contributed by atoms with van der Waals surface area (Å²) in [6.45, 7) is 7.04. The fourth-order valence-electron chi connectivity index (χ4n) is 12.9. The van der Waals surface area contributed by atoms with Crippen LogP contribution in [0.25, 0.3) is 50.7 Å². The summed E-state index contributed by atoms with van der Waals surface area (Å²) in [4.78, 5) is 86.3. The van der Waals surface area contributed by atoms with E-state index in [1.807, 2.05) is 163 Å². The predicted molar refractivity (Wildman–Crippen MR) is 442 cm³/mol. The summed E-state index contributed by atoms with van der Waals surface area (Å²) in [6.07, 6.45) is 25.7. The Morgan fingerprint density at radius 1 is 0.482 bits per heavy atom. The molecule has 1 atom stereocenters. The van der Waals surface area contributed by atoms with E-state index in [1.165, 1.54) is 16.7 Å². The number of imidazole rings is 3. The third-order valence-corrected chi connectivity index (χ3v) is 19.3. The number of anilines is 9. The van der Waals surface area contributed by atoms with Crippen LogP contribution in [0.3, 0.4) is 0 Å². The number of aliphatic imine (C=N–C) groups is 3. The molecule has 16 rings (SSSR count). The molecule has 4 aliphatic rings. The van der Waals surface area contributed by atoms with Gasteiger partial charge in [-0.1, -0.05) is 43.8 Å². The van der Waals surface area contributed by atoms with Gasteiger partial charge in [0, 0.05) is 179 Å². The maximum absolute atomic E-state index is 12.0. The van der Waals surface area contributed by atoms with E-state index in [2.05, 4.69) is 121 Å². The first-order valence-corrected chi connectivity index (χ1v) is 37.4. The molecule has 0 bridgehead atoms. The van der Waals surface area contributed by atoms with Crippen molar-refractivity contribution in [1.82, 2.24) is 54.1 Å². The van der Waals surface area contributed by atoms with Gasteiger partial charge in [-0.25, -0.2) is 45.7 Å². The first-order chi connectivity index (χ1) is 55.3. The van der Waals surface area contributed by atoms with Crippen molar-refractivity contribution in [2.75, 3.05) is 118 Å². The zero-order valence-electron chi connectivity index (χ0n) is 62.9. The van der Waals surface area contributed by atoms with Crippen LogP contribution in [0.2, 0.25) is 0 Å². The number of aliphatic carboxylic acids is 1. The molecule has 6 aromatic carbocycles. The molecule has 0 radical (unpaired) electrons. The molecule has 6 aromatic heterocycles. The number of benzene rings is 6. The van der Waals surface area contributed by atoms with E-state index in [0.29, 0.717) is 89.8 Å². The molecule has 7 N–H and O–H groups in total. The second kappa shape index (κ2) is 38.4. The van der Waals surface area contributed by atoms with Crippen LogP contribution in [0.1, 0.15) is 79.3 Å². The van der Waals surface area contributed by atoms with Crippen molar-refractivity contribution in [3.05, 3.63) is 217 Å². The van der Waals surface area contributed by atoms with E-state index in [1.54, 1.807) is 24.1 Å². The number of fused-ring (bicyclic) bond motifs is 6. The lowest BCUT2D eigenvalue weighted by atomic mass is 10.0. The average Bonchev–Trinajstić information content (AvgIpc) is 1.76. The van der Waals surface area contributed by atoms with Gasteiger partial charge in [0.2, 0.25) is 11.8 Å². The minimum atomic E-state index is -0.851. The summed E-state index contributed by atoms with van der Waals surface area (Å²) in [5.41, 5.74) is 24.9. The Kier molecular flexibility index (Phi) is 26.7. The zero-order chi connectivity index (χ0) is 77.8. The topological polar surface area (TPSA) is 335 Å². The third-order valence-electron chi connectivity index (χ3n) is 19.3. The van der Waals surface area contributed by atoms with Crippen LogP contribution < -0.4 is 41.6 Å². The smallest absolute Gasteiger partial charge is 0.305 e. The third kappa shape index (κ3) is 20.6. The minimum Gasteiger partial charge on any atom is -0.481 e. The first-order valence-electron chi connectivity index (χ1n) is 37.4. The molecular formula is C84H92N20O10. The fraction of sp³-hybridized carbons (Fsp3) is 0.286. The number of likely N-dealkylation sites (N-methyl/N-ethyl adjacent to an activating group) is 3. The Morgan fingerprint density at radius 3 is 1.20 bits per heavy atom. The van der Waals surface area contributed by atoms with Gasteiger partial charge >= 0.3 is 5.97 Å². The number of aromatic nitrogens is 9. The van der Waals surface area contributed by atoms with Crippen LogP contribution in [0.15, 0.2) is 198 Å². The molecule has 12 aromatic rings. The van der Waals surface area contributed by atoms with Crippen LogP contribution in [-0.2, 0) is 57.8 Å². The van der Waals surface area contributed by atoms with E-state index in [9.17, 15) is 14.4 Å². The van der Waals surface area contributed by atoms with Crippen molar-refractivity contribution in [2.45, 2.75) is 71.9 Å². The van der Waals surface area contributed by atoms with Crippen LogP contribution in [-0.4, -0.2) is 183 Å². The predicted octanol–water partition coefficient (Wildman–Crippen LogP) is 12.5. The highest BCUT2D eigenvalue weighted by Crippen LogP contribution is 2.33. The van der Waals surface area contributed by atoms with Gasteiger partial charge in [-0.3, -0.25) is 34.6 Å². The Bertz CT molecular complexity index is 5370. The van der Waals surface area contributed by atoms with Gasteiger partial charge < -0.3 is 67.9 Å².